The Morgan fingerprint density at radius 3 is 2.25 bits per heavy atom. The lowest BCUT2D eigenvalue weighted by Gasteiger charge is -2.15. The van der Waals surface area contributed by atoms with Crippen LogP contribution in [0.2, 0.25) is 0 Å². The smallest absolute Gasteiger partial charge is 0.310 e. The van der Waals surface area contributed by atoms with Gasteiger partial charge < -0.3 is 10.1 Å². The van der Waals surface area contributed by atoms with Gasteiger partial charge in [-0.05, 0) is 51.1 Å². The molecule has 2 N–H and O–H groups in total. The van der Waals surface area contributed by atoms with Gasteiger partial charge in [0.15, 0.2) is 11.9 Å². The summed E-state index contributed by atoms with van der Waals surface area (Å²) in [6.45, 7) is 4.88. The van der Waals surface area contributed by atoms with E-state index in [1.165, 1.54) is 49.4 Å². The van der Waals surface area contributed by atoms with Crippen molar-refractivity contribution >= 4 is 27.3 Å². The Bertz CT molecular complexity index is 958. The van der Waals surface area contributed by atoms with Gasteiger partial charge in [-0.25, -0.2) is 13.1 Å². The lowest BCUT2D eigenvalue weighted by molar-refractivity contribution is -0.386. The summed E-state index contributed by atoms with van der Waals surface area (Å²) in [5.74, 6) is -0.551. The number of nitro benzene ring substituents is 1. The van der Waals surface area contributed by atoms with E-state index in [1.54, 1.807) is 19.9 Å². The van der Waals surface area contributed by atoms with Gasteiger partial charge in [0.25, 0.3) is 5.91 Å². The summed E-state index contributed by atoms with van der Waals surface area (Å²) in [5.41, 5.74) is 0.126. The highest BCUT2D eigenvalue weighted by molar-refractivity contribution is 7.89. The third kappa shape index (κ3) is 5.51. The largest absolute Gasteiger partial charge is 0.474 e. The zero-order chi connectivity index (χ0) is 20.9. The second kappa shape index (κ2) is 8.81. The molecule has 0 aliphatic carbocycles. The number of para-hydroxylation sites is 2. The maximum atomic E-state index is 12.3. The standard InChI is InChI=1S/C18H21N3O6S/c1-12(2)20-28(25,26)15-10-8-14(9-11-15)19-18(22)13(3)27-17-7-5-4-6-16(17)21(23)24/h4-13,20H,1-3H3,(H,19,22). The first-order valence-corrected chi connectivity index (χ1v) is 9.92. The van der Waals surface area contributed by atoms with Gasteiger partial charge in [-0.3, -0.25) is 14.9 Å². The number of sulfonamides is 1. The van der Waals surface area contributed by atoms with Crippen molar-refractivity contribution < 1.29 is 22.9 Å². The van der Waals surface area contributed by atoms with Crippen LogP contribution in [0.3, 0.4) is 0 Å². The van der Waals surface area contributed by atoms with E-state index < -0.39 is 27.0 Å². The van der Waals surface area contributed by atoms with E-state index in [0.717, 1.165) is 0 Å². The number of amides is 1. The van der Waals surface area contributed by atoms with Crippen LogP contribution < -0.4 is 14.8 Å². The van der Waals surface area contributed by atoms with Crippen LogP contribution in [0, 0.1) is 10.1 Å². The molecule has 150 valence electrons. The lowest BCUT2D eigenvalue weighted by atomic mass is 10.2. The fraction of sp³-hybridized carbons (Fsp3) is 0.278. The summed E-state index contributed by atoms with van der Waals surface area (Å²) >= 11 is 0. The van der Waals surface area contributed by atoms with E-state index in [-0.39, 0.29) is 22.4 Å². The summed E-state index contributed by atoms with van der Waals surface area (Å²) in [5, 5.41) is 13.6. The molecule has 0 spiro atoms. The van der Waals surface area contributed by atoms with Crippen LogP contribution in [0.5, 0.6) is 5.75 Å². The zero-order valence-corrected chi connectivity index (χ0v) is 16.4. The number of benzene rings is 2. The molecule has 1 atom stereocenters. The van der Waals surface area contributed by atoms with Crippen LogP contribution in [0.4, 0.5) is 11.4 Å². The second-order valence-corrected chi connectivity index (χ2v) is 7.99. The molecule has 0 radical (unpaired) electrons. The summed E-state index contributed by atoms with van der Waals surface area (Å²) in [4.78, 5) is 22.8. The summed E-state index contributed by atoms with van der Waals surface area (Å²) in [6, 6.07) is 11.1. The number of nitro groups is 1. The molecule has 0 bridgehead atoms. The molecule has 0 aliphatic heterocycles. The van der Waals surface area contributed by atoms with Gasteiger partial charge in [0, 0.05) is 17.8 Å². The van der Waals surface area contributed by atoms with Crippen molar-refractivity contribution in [3.63, 3.8) is 0 Å². The number of anilines is 1. The predicted octanol–water partition coefficient (Wildman–Crippen LogP) is 2.69. The Kier molecular flexibility index (Phi) is 6.71. The molecule has 2 aromatic carbocycles. The van der Waals surface area contributed by atoms with Crippen LogP contribution in [-0.2, 0) is 14.8 Å². The topological polar surface area (TPSA) is 128 Å². The molecule has 0 aliphatic rings. The third-order valence-electron chi connectivity index (χ3n) is 3.56. The Balaban J connectivity index is 2.06. The molecule has 0 saturated heterocycles. The number of carbonyl (C=O) groups is 1. The third-order valence-corrected chi connectivity index (χ3v) is 5.23. The number of nitrogens with zero attached hydrogens (tertiary/aromatic N) is 1. The monoisotopic (exact) mass is 407 g/mol. The van der Waals surface area contributed by atoms with Gasteiger partial charge in [-0.2, -0.15) is 0 Å². The van der Waals surface area contributed by atoms with Crippen LogP contribution in [0.15, 0.2) is 53.4 Å². The number of rotatable bonds is 8. The molecule has 1 amide bonds. The molecule has 2 aromatic rings. The number of hydrogen-bond acceptors (Lipinski definition) is 6. The highest BCUT2D eigenvalue weighted by atomic mass is 32.2. The average Bonchev–Trinajstić information content (AvgIpc) is 2.61. The molecular formula is C18H21N3O6S. The minimum Gasteiger partial charge on any atom is -0.474 e. The number of hydrogen-bond donors (Lipinski definition) is 2. The van der Waals surface area contributed by atoms with Crippen molar-refractivity contribution in [3.05, 3.63) is 58.6 Å². The molecular weight excluding hydrogens is 386 g/mol. The second-order valence-electron chi connectivity index (χ2n) is 6.27. The first-order valence-electron chi connectivity index (χ1n) is 8.43. The number of ether oxygens (including phenoxy) is 1. The fourth-order valence-corrected chi connectivity index (χ4v) is 3.54. The number of carbonyl (C=O) groups excluding carboxylic acids is 1. The van der Waals surface area contributed by atoms with Gasteiger partial charge in [-0.1, -0.05) is 12.1 Å². The Morgan fingerprint density at radius 1 is 1.07 bits per heavy atom. The summed E-state index contributed by atoms with van der Waals surface area (Å²) in [6.07, 6.45) is -1.01. The molecule has 2 rings (SSSR count). The summed E-state index contributed by atoms with van der Waals surface area (Å²) in [7, 11) is -3.63. The van der Waals surface area contributed by atoms with E-state index >= 15 is 0 Å². The van der Waals surface area contributed by atoms with Crippen molar-refractivity contribution in [3.8, 4) is 5.75 Å². The molecule has 0 fully saturated rings. The van der Waals surface area contributed by atoms with E-state index in [0.29, 0.717) is 5.69 Å². The van der Waals surface area contributed by atoms with Crippen LogP contribution >= 0.6 is 0 Å². The maximum absolute atomic E-state index is 12.3. The van der Waals surface area contributed by atoms with Crippen molar-refractivity contribution in [2.24, 2.45) is 0 Å². The first kappa shape index (κ1) is 21.3. The Labute approximate surface area is 162 Å². The molecule has 0 aromatic heterocycles. The van der Waals surface area contributed by atoms with E-state index in [1.807, 2.05) is 0 Å². The Hall–Kier alpha value is -2.98. The Morgan fingerprint density at radius 2 is 1.68 bits per heavy atom. The highest BCUT2D eigenvalue weighted by Crippen LogP contribution is 2.27. The highest BCUT2D eigenvalue weighted by Gasteiger charge is 2.21. The normalized spacial score (nSPS) is 12.4. The van der Waals surface area contributed by atoms with Gasteiger partial charge in [-0.15, -0.1) is 0 Å². The van der Waals surface area contributed by atoms with Gasteiger partial charge >= 0.3 is 5.69 Å². The van der Waals surface area contributed by atoms with Gasteiger partial charge in [0.1, 0.15) is 0 Å². The van der Waals surface area contributed by atoms with Gasteiger partial charge in [0.05, 0.1) is 9.82 Å². The zero-order valence-electron chi connectivity index (χ0n) is 15.6. The average molecular weight is 407 g/mol. The predicted molar refractivity (Wildman–Crippen MR) is 104 cm³/mol. The summed E-state index contributed by atoms with van der Waals surface area (Å²) < 4.78 is 32.1. The van der Waals surface area contributed by atoms with Crippen molar-refractivity contribution in [1.29, 1.82) is 0 Å². The minimum absolute atomic E-state index is 0.0173. The molecule has 10 heteroatoms. The molecule has 0 saturated carbocycles. The first-order chi connectivity index (χ1) is 13.1. The van der Waals surface area contributed by atoms with E-state index in [4.69, 9.17) is 4.74 Å². The van der Waals surface area contributed by atoms with E-state index in [9.17, 15) is 23.3 Å². The molecule has 9 nitrogen and oxygen atoms in total. The molecule has 28 heavy (non-hydrogen) atoms. The number of nitrogens with one attached hydrogen (secondary N) is 2. The quantitative estimate of drug-likeness (QED) is 0.511. The van der Waals surface area contributed by atoms with Crippen molar-refractivity contribution in [1.82, 2.24) is 4.72 Å². The van der Waals surface area contributed by atoms with Crippen LogP contribution in [0.1, 0.15) is 20.8 Å². The van der Waals surface area contributed by atoms with E-state index in [2.05, 4.69) is 10.0 Å². The molecule has 0 heterocycles. The van der Waals surface area contributed by atoms with Crippen molar-refractivity contribution in [2.75, 3.05) is 5.32 Å². The fourth-order valence-electron chi connectivity index (χ4n) is 2.29. The van der Waals surface area contributed by atoms with Crippen LogP contribution in [0.25, 0.3) is 0 Å². The SMILES string of the molecule is CC(C)NS(=O)(=O)c1ccc(NC(=O)C(C)Oc2ccccc2[N+](=O)[O-])cc1. The van der Waals surface area contributed by atoms with Gasteiger partial charge in [0.2, 0.25) is 10.0 Å². The minimum atomic E-state index is -3.63. The lowest BCUT2D eigenvalue weighted by Crippen LogP contribution is -2.31. The maximum Gasteiger partial charge on any atom is 0.310 e. The van der Waals surface area contributed by atoms with Crippen LogP contribution in [-0.4, -0.2) is 31.4 Å². The molecule has 1 unspecified atom stereocenters. The van der Waals surface area contributed by atoms with Crippen molar-refractivity contribution in [2.45, 2.75) is 37.8 Å².